The highest BCUT2D eigenvalue weighted by atomic mass is 35.5. The van der Waals surface area contributed by atoms with E-state index in [0.29, 0.717) is 21.4 Å². The molecular formula is C20H20ClN3OS. The molecule has 1 heterocycles. The number of carbonyl (C=O) groups is 1. The molecule has 1 atom stereocenters. The van der Waals surface area contributed by atoms with Crippen molar-refractivity contribution in [2.75, 3.05) is 5.32 Å². The maximum absolute atomic E-state index is 13.1. The number of carbonyl (C=O) groups excluding carboxylic acids is 1. The summed E-state index contributed by atoms with van der Waals surface area (Å²) in [7, 11) is 0. The molecule has 3 N–H and O–H groups in total. The molecule has 1 aliphatic heterocycles. The van der Waals surface area contributed by atoms with Crippen LogP contribution in [0.3, 0.4) is 0 Å². The van der Waals surface area contributed by atoms with Crippen molar-refractivity contribution in [2.24, 2.45) is 0 Å². The summed E-state index contributed by atoms with van der Waals surface area (Å²) in [5, 5.41) is 10.3. The van der Waals surface area contributed by atoms with E-state index in [1.165, 1.54) is 0 Å². The van der Waals surface area contributed by atoms with Crippen molar-refractivity contribution < 1.29 is 4.79 Å². The SMILES string of the molecule is CC1=C(C(=O)Nc2cc(Cl)ccc2C)[C@@H](c2ccccc2C)NC(=S)N1. The Hall–Kier alpha value is -2.37. The number of amides is 1. The van der Waals surface area contributed by atoms with Gasteiger partial charge in [0.05, 0.1) is 11.6 Å². The molecule has 26 heavy (non-hydrogen) atoms. The van der Waals surface area contributed by atoms with Gasteiger partial charge in [0, 0.05) is 16.4 Å². The van der Waals surface area contributed by atoms with E-state index in [1.807, 2.05) is 51.1 Å². The Morgan fingerprint density at radius 3 is 2.58 bits per heavy atom. The number of halogens is 1. The van der Waals surface area contributed by atoms with Gasteiger partial charge in [0.1, 0.15) is 0 Å². The van der Waals surface area contributed by atoms with E-state index in [0.717, 1.165) is 22.4 Å². The second-order valence-electron chi connectivity index (χ2n) is 6.34. The summed E-state index contributed by atoms with van der Waals surface area (Å²) in [6.45, 7) is 5.81. The minimum absolute atomic E-state index is 0.191. The Labute approximate surface area is 163 Å². The summed E-state index contributed by atoms with van der Waals surface area (Å²) in [5.74, 6) is -0.191. The topological polar surface area (TPSA) is 53.2 Å². The first kappa shape index (κ1) is 18.4. The number of benzene rings is 2. The zero-order valence-electron chi connectivity index (χ0n) is 14.8. The average Bonchev–Trinajstić information content (AvgIpc) is 2.57. The van der Waals surface area contributed by atoms with Crippen LogP contribution in [0.15, 0.2) is 53.7 Å². The smallest absolute Gasteiger partial charge is 0.255 e. The van der Waals surface area contributed by atoms with Crippen molar-refractivity contribution in [3.8, 4) is 0 Å². The quantitative estimate of drug-likeness (QED) is 0.686. The lowest BCUT2D eigenvalue weighted by molar-refractivity contribution is -0.113. The van der Waals surface area contributed by atoms with Gasteiger partial charge in [-0.2, -0.15) is 0 Å². The fourth-order valence-corrected chi connectivity index (χ4v) is 3.50. The Morgan fingerprint density at radius 1 is 1.12 bits per heavy atom. The van der Waals surface area contributed by atoms with Gasteiger partial charge < -0.3 is 16.0 Å². The number of hydrogen-bond donors (Lipinski definition) is 3. The molecule has 4 nitrogen and oxygen atoms in total. The highest BCUT2D eigenvalue weighted by Gasteiger charge is 2.30. The zero-order valence-corrected chi connectivity index (χ0v) is 16.4. The van der Waals surface area contributed by atoms with Crippen molar-refractivity contribution >= 4 is 40.5 Å². The van der Waals surface area contributed by atoms with Crippen LogP contribution in [0, 0.1) is 13.8 Å². The first-order chi connectivity index (χ1) is 12.4. The van der Waals surface area contributed by atoms with E-state index < -0.39 is 0 Å². The summed E-state index contributed by atoms with van der Waals surface area (Å²) >= 11 is 11.4. The normalized spacial score (nSPS) is 16.8. The largest absolute Gasteiger partial charge is 0.351 e. The minimum atomic E-state index is -0.315. The van der Waals surface area contributed by atoms with E-state index in [2.05, 4.69) is 16.0 Å². The standard InChI is InChI=1S/C20H20ClN3OS/c1-11-6-4-5-7-15(11)18-17(13(3)22-20(26)24-18)19(25)23-16-10-14(21)9-8-12(16)2/h4-10,18H,1-3H3,(H,23,25)(H2,22,24,26)/t18-/m1/s1. The van der Waals surface area contributed by atoms with Crippen molar-refractivity contribution in [2.45, 2.75) is 26.8 Å². The van der Waals surface area contributed by atoms with Crippen LogP contribution in [0.2, 0.25) is 5.02 Å². The molecule has 3 rings (SSSR count). The van der Waals surface area contributed by atoms with Crippen molar-refractivity contribution in [1.82, 2.24) is 10.6 Å². The second kappa shape index (κ2) is 7.48. The Morgan fingerprint density at radius 2 is 1.85 bits per heavy atom. The highest BCUT2D eigenvalue weighted by molar-refractivity contribution is 7.80. The number of hydrogen-bond acceptors (Lipinski definition) is 2. The first-order valence-electron chi connectivity index (χ1n) is 8.28. The van der Waals surface area contributed by atoms with Crippen LogP contribution in [0.1, 0.15) is 29.7 Å². The highest BCUT2D eigenvalue weighted by Crippen LogP contribution is 2.30. The maximum Gasteiger partial charge on any atom is 0.255 e. The average molecular weight is 386 g/mol. The Bertz CT molecular complexity index is 923. The molecule has 2 aromatic rings. The predicted molar refractivity (Wildman–Crippen MR) is 110 cm³/mol. The lowest BCUT2D eigenvalue weighted by atomic mass is 9.92. The molecule has 6 heteroatoms. The molecule has 0 aliphatic carbocycles. The van der Waals surface area contributed by atoms with Gasteiger partial charge in [-0.15, -0.1) is 0 Å². The molecule has 0 unspecified atom stereocenters. The zero-order chi connectivity index (χ0) is 18.8. The first-order valence-corrected chi connectivity index (χ1v) is 9.06. The number of thiocarbonyl (C=S) groups is 1. The van der Waals surface area contributed by atoms with Gasteiger partial charge in [-0.25, -0.2) is 0 Å². The molecule has 0 aromatic heterocycles. The van der Waals surface area contributed by atoms with Crippen LogP contribution in [-0.4, -0.2) is 11.0 Å². The lowest BCUT2D eigenvalue weighted by Gasteiger charge is -2.31. The lowest BCUT2D eigenvalue weighted by Crippen LogP contribution is -2.46. The third-order valence-electron chi connectivity index (χ3n) is 4.46. The number of rotatable bonds is 3. The summed E-state index contributed by atoms with van der Waals surface area (Å²) in [6, 6.07) is 13.1. The molecular weight excluding hydrogens is 366 g/mol. The monoisotopic (exact) mass is 385 g/mol. The molecule has 0 fully saturated rings. The van der Waals surface area contributed by atoms with Crippen LogP contribution in [0.5, 0.6) is 0 Å². The van der Waals surface area contributed by atoms with Crippen LogP contribution in [-0.2, 0) is 4.79 Å². The number of allylic oxidation sites excluding steroid dienone is 1. The summed E-state index contributed by atoms with van der Waals surface area (Å²) in [5.41, 5.74) is 5.09. The van der Waals surface area contributed by atoms with Gasteiger partial charge in [0.2, 0.25) is 0 Å². The van der Waals surface area contributed by atoms with Crippen molar-refractivity contribution in [3.63, 3.8) is 0 Å². The molecule has 0 saturated carbocycles. The third-order valence-corrected chi connectivity index (χ3v) is 4.92. The van der Waals surface area contributed by atoms with Gasteiger partial charge >= 0.3 is 0 Å². The molecule has 1 aliphatic rings. The van der Waals surface area contributed by atoms with Gasteiger partial charge in [-0.3, -0.25) is 4.79 Å². The van der Waals surface area contributed by atoms with E-state index in [4.69, 9.17) is 23.8 Å². The molecule has 0 radical (unpaired) electrons. The fraction of sp³-hybridized carbons (Fsp3) is 0.200. The van der Waals surface area contributed by atoms with Crippen molar-refractivity contribution in [3.05, 3.63) is 75.4 Å². The van der Waals surface area contributed by atoms with Crippen LogP contribution < -0.4 is 16.0 Å². The van der Waals surface area contributed by atoms with Crippen LogP contribution >= 0.6 is 23.8 Å². The molecule has 0 saturated heterocycles. The number of nitrogens with one attached hydrogen (secondary N) is 3. The molecule has 2 aromatic carbocycles. The van der Waals surface area contributed by atoms with E-state index in [9.17, 15) is 4.79 Å². The predicted octanol–water partition coefficient (Wildman–Crippen LogP) is 4.39. The molecule has 1 amide bonds. The second-order valence-corrected chi connectivity index (χ2v) is 7.18. The maximum atomic E-state index is 13.1. The molecule has 0 bridgehead atoms. The van der Waals surface area contributed by atoms with Crippen LogP contribution in [0.4, 0.5) is 5.69 Å². The molecule has 134 valence electrons. The van der Waals surface area contributed by atoms with E-state index in [1.54, 1.807) is 12.1 Å². The van der Waals surface area contributed by atoms with Gasteiger partial charge in [0.15, 0.2) is 5.11 Å². The number of anilines is 1. The molecule has 0 spiro atoms. The minimum Gasteiger partial charge on any atom is -0.351 e. The Kier molecular flexibility index (Phi) is 5.30. The summed E-state index contributed by atoms with van der Waals surface area (Å²) in [6.07, 6.45) is 0. The van der Waals surface area contributed by atoms with Crippen LogP contribution in [0.25, 0.3) is 0 Å². The Balaban J connectivity index is 2.00. The fourth-order valence-electron chi connectivity index (χ4n) is 3.06. The van der Waals surface area contributed by atoms with E-state index in [-0.39, 0.29) is 11.9 Å². The summed E-state index contributed by atoms with van der Waals surface area (Å²) < 4.78 is 0. The van der Waals surface area contributed by atoms with Gasteiger partial charge in [-0.05, 0) is 61.8 Å². The number of aryl methyl sites for hydroxylation is 2. The van der Waals surface area contributed by atoms with Gasteiger partial charge in [0.25, 0.3) is 5.91 Å². The van der Waals surface area contributed by atoms with E-state index >= 15 is 0 Å². The van der Waals surface area contributed by atoms with Crippen molar-refractivity contribution in [1.29, 1.82) is 0 Å². The van der Waals surface area contributed by atoms with Gasteiger partial charge in [-0.1, -0.05) is 41.9 Å². The third kappa shape index (κ3) is 3.74. The summed E-state index contributed by atoms with van der Waals surface area (Å²) in [4.78, 5) is 13.1.